The summed E-state index contributed by atoms with van der Waals surface area (Å²) in [6.45, 7) is 4.51. The number of piperidine rings is 2. The van der Waals surface area contributed by atoms with Crippen molar-refractivity contribution in [2.75, 3.05) is 19.6 Å². The van der Waals surface area contributed by atoms with Crippen molar-refractivity contribution in [1.29, 1.82) is 0 Å². The zero-order valence-electron chi connectivity index (χ0n) is 13.9. The Bertz CT molecular complexity index is 535. The van der Waals surface area contributed by atoms with Gasteiger partial charge in [0.2, 0.25) is 5.91 Å². The van der Waals surface area contributed by atoms with Gasteiger partial charge in [-0.2, -0.15) is 0 Å². The molecule has 1 aromatic rings. The van der Waals surface area contributed by atoms with E-state index in [0.29, 0.717) is 25.0 Å². The van der Waals surface area contributed by atoms with Crippen molar-refractivity contribution in [3.05, 3.63) is 22.4 Å². The lowest BCUT2D eigenvalue weighted by molar-refractivity contribution is -0.140. The average molecular weight is 334 g/mol. The Morgan fingerprint density at radius 1 is 1.17 bits per heavy atom. The molecular weight excluding hydrogens is 308 g/mol. The fourth-order valence-corrected chi connectivity index (χ4v) is 4.53. The van der Waals surface area contributed by atoms with Crippen LogP contribution < -0.4 is 0 Å². The number of hydrogen-bond acceptors (Lipinski definition) is 3. The zero-order chi connectivity index (χ0) is 16.2. The Morgan fingerprint density at radius 2 is 1.96 bits per heavy atom. The maximum atomic E-state index is 12.9. The molecular formula is C18H26N2O2S. The van der Waals surface area contributed by atoms with E-state index in [-0.39, 0.29) is 11.8 Å². The van der Waals surface area contributed by atoms with E-state index in [9.17, 15) is 9.59 Å². The van der Waals surface area contributed by atoms with Crippen LogP contribution in [0.25, 0.3) is 0 Å². The molecule has 0 N–H and O–H groups in total. The molecule has 0 saturated carbocycles. The fraction of sp³-hybridized carbons (Fsp3) is 0.667. The summed E-state index contributed by atoms with van der Waals surface area (Å²) in [5.41, 5.74) is 0. The van der Waals surface area contributed by atoms with Crippen molar-refractivity contribution in [2.24, 2.45) is 5.92 Å². The minimum atomic E-state index is 0.106. The Balaban J connectivity index is 1.56. The fourth-order valence-electron chi connectivity index (χ4n) is 3.84. The molecule has 0 unspecified atom stereocenters. The molecule has 0 spiro atoms. The van der Waals surface area contributed by atoms with Crippen molar-refractivity contribution in [3.8, 4) is 0 Å². The lowest BCUT2D eigenvalue weighted by atomic mass is 9.92. The number of carbonyl (C=O) groups excluding carboxylic acids is 2. The third-order valence-corrected chi connectivity index (χ3v) is 6.10. The average Bonchev–Trinajstić information content (AvgIpc) is 3.15. The van der Waals surface area contributed by atoms with Crippen molar-refractivity contribution in [3.63, 3.8) is 0 Å². The summed E-state index contributed by atoms with van der Waals surface area (Å²) in [4.78, 5) is 30.1. The summed E-state index contributed by atoms with van der Waals surface area (Å²) in [6, 6.07) is 4.22. The summed E-state index contributed by atoms with van der Waals surface area (Å²) >= 11 is 1.49. The summed E-state index contributed by atoms with van der Waals surface area (Å²) in [5, 5.41) is 1.94. The molecule has 0 radical (unpaired) electrons. The highest BCUT2D eigenvalue weighted by Crippen LogP contribution is 2.27. The van der Waals surface area contributed by atoms with Crippen LogP contribution >= 0.6 is 11.3 Å². The van der Waals surface area contributed by atoms with E-state index in [1.54, 1.807) is 0 Å². The highest BCUT2D eigenvalue weighted by molar-refractivity contribution is 7.12. The Morgan fingerprint density at radius 3 is 2.61 bits per heavy atom. The lowest BCUT2D eigenvalue weighted by Gasteiger charge is -2.39. The van der Waals surface area contributed by atoms with Crippen LogP contribution in [0.1, 0.15) is 55.1 Å². The summed E-state index contributed by atoms with van der Waals surface area (Å²) in [6.07, 6.45) is 6.21. The predicted molar refractivity (Wildman–Crippen MR) is 92.6 cm³/mol. The van der Waals surface area contributed by atoms with Gasteiger partial charge in [-0.1, -0.05) is 13.0 Å². The van der Waals surface area contributed by atoms with Crippen LogP contribution in [-0.4, -0.2) is 47.3 Å². The van der Waals surface area contributed by atoms with Gasteiger partial charge in [-0.05, 0) is 50.0 Å². The van der Waals surface area contributed by atoms with Crippen molar-refractivity contribution in [1.82, 2.24) is 9.80 Å². The van der Waals surface area contributed by atoms with Gasteiger partial charge in [-0.3, -0.25) is 9.59 Å². The van der Waals surface area contributed by atoms with E-state index in [1.807, 2.05) is 22.4 Å². The third-order valence-electron chi connectivity index (χ3n) is 5.24. The van der Waals surface area contributed by atoms with E-state index >= 15 is 0 Å². The van der Waals surface area contributed by atoms with E-state index < -0.39 is 0 Å². The largest absolute Gasteiger partial charge is 0.339 e. The van der Waals surface area contributed by atoms with Crippen molar-refractivity contribution >= 4 is 23.2 Å². The van der Waals surface area contributed by atoms with E-state index in [2.05, 4.69) is 11.8 Å². The monoisotopic (exact) mass is 334 g/mol. The zero-order valence-corrected chi connectivity index (χ0v) is 14.7. The molecule has 2 saturated heterocycles. The summed E-state index contributed by atoms with van der Waals surface area (Å²) < 4.78 is 0. The number of thiophene rings is 1. The van der Waals surface area contributed by atoms with Crippen LogP contribution in [0.2, 0.25) is 0 Å². The lowest BCUT2D eigenvalue weighted by Crippen LogP contribution is -2.49. The molecule has 5 heteroatoms. The number of hydrogen-bond donors (Lipinski definition) is 0. The van der Waals surface area contributed by atoms with Crippen molar-refractivity contribution in [2.45, 2.75) is 51.5 Å². The van der Waals surface area contributed by atoms with Crippen LogP contribution in [0.4, 0.5) is 0 Å². The number of amides is 2. The first-order chi connectivity index (χ1) is 11.2. The molecule has 2 aliphatic heterocycles. The van der Waals surface area contributed by atoms with Crippen molar-refractivity contribution < 1.29 is 9.59 Å². The summed E-state index contributed by atoms with van der Waals surface area (Å²) in [7, 11) is 0. The molecule has 3 heterocycles. The van der Waals surface area contributed by atoms with E-state index in [4.69, 9.17) is 0 Å². The predicted octanol–water partition coefficient (Wildman–Crippen LogP) is 3.39. The van der Waals surface area contributed by atoms with Gasteiger partial charge in [0.05, 0.1) is 4.88 Å². The van der Waals surface area contributed by atoms with E-state index in [0.717, 1.165) is 43.5 Å². The third kappa shape index (κ3) is 3.60. The molecule has 4 nitrogen and oxygen atoms in total. The molecule has 2 aliphatic rings. The molecule has 0 bridgehead atoms. The molecule has 1 aromatic heterocycles. The van der Waals surface area contributed by atoms with Crippen LogP contribution in [0.3, 0.4) is 0 Å². The first kappa shape index (κ1) is 16.5. The quantitative estimate of drug-likeness (QED) is 0.850. The van der Waals surface area contributed by atoms with Crippen LogP contribution in [0, 0.1) is 5.92 Å². The molecule has 1 atom stereocenters. The van der Waals surface area contributed by atoms with E-state index in [1.165, 1.54) is 17.8 Å². The van der Waals surface area contributed by atoms with Gasteiger partial charge in [0, 0.05) is 31.6 Å². The highest BCUT2D eigenvalue weighted by Gasteiger charge is 2.33. The minimum Gasteiger partial charge on any atom is -0.339 e. The minimum absolute atomic E-state index is 0.106. The molecule has 2 fully saturated rings. The first-order valence-electron chi connectivity index (χ1n) is 8.84. The van der Waals surface area contributed by atoms with Gasteiger partial charge >= 0.3 is 0 Å². The second-order valence-corrected chi connectivity index (χ2v) is 7.58. The molecule has 0 aliphatic carbocycles. The molecule has 23 heavy (non-hydrogen) atoms. The number of likely N-dealkylation sites (tertiary alicyclic amines) is 2. The molecule has 3 rings (SSSR count). The number of rotatable bonds is 3. The van der Waals surface area contributed by atoms with Crippen LogP contribution in [-0.2, 0) is 4.79 Å². The standard InChI is InChI=1S/C18H26N2O2S/c1-2-15-6-3-4-10-20(15)17(21)14-8-11-19(12-9-14)18(22)16-7-5-13-23-16/h5,7,13-15H,2-4,6,8-12H2,1H3/t15-/m1/s1. The molecule has 2 amide bonds. The van der Waals surface area contributed by atoms with Crippen LogP contribution in [0.5, 0.6) is 0 Å². The Labute approximate surface area is 142 Å². The van der Waals surface area contributed by atoms with Crippen LogP contribution in [0.15, 0.2) is 17.5 Å². The van der Waals surface area contributed by atoms with Gasteiger partial charge in [-0.25, -0.2) is 0 Å². The highest BCUT2D eigenvalue weighted by atomic mass is 32.1. The maximum Gasteiger partial charge on any atom is 0.263 e. The molecule has 126 valence electrons. The number of carbonyl (C=O) groups is 2. The first-order valence-corrected chi connectivity index (χ1v) is 9.72. The topological polar surface area (TPSA) is 40.6 Å². The smallest absolute Gasteiger partial charge is 0.263 e. The normalized spacial score (nSPS) is 23.1. The molecule has 0 aromatic carbocycles. The second kappa shape index (κ2) is 7.47. The maximum absolute atomic E-state index is 12.9. The Hall–Kier alpha value is -1.36. The number of nitrogens with zero attached hydrogens (tertiary/aromatic N) is 2. The SMILES string of the molecule is CC[C@@H]1CCCCN1C(=O)C1CCN(C(=O)c2cccs2)CC1. The van der Waals surface area contributed by atoms with Gasteiger partial charge in [0.15, 0.2) is 0 Å². The summed E-state index contributed by atoms with van der Waals surface area (Å²) in [5.74, 6) is 0.560. The Kier molecular flexibility index (Phi) is 5.36. The van der Waals surface area contributed by atoms with Gasteiger partial charge in [0.1, 0.15) is 0 Å². The second-order valence-electron chi connectivity index (χ2n) is 6.63. The van der Waals surface area contributed by atoms with Gasteiger partial charge < -0.3 is 9.80 Å². The van der Waals surface area contributed by atoms with Gasteiger partial charge in [-0.15, -0.1) is 11.3 Å². The van der Waals surface area contributed by atoms with Gasteiger partial charge in [0.25, 0.3) is 5.91 Å².